The fourth-order valence-corrected chi connectivity index (χ4v) is 5.53. The predicted molar refractivity (Wildman–Crippen MR) is 94.1 cm³/mol. The molecule has 0 saturated heterocycles. The molecule has 1 aromatic carbocycles. The van der Waals surface area contributed by atoms with Crippen LogP contribution in [0.4, 0.5) is 0 Å². The normalized spacial score (nSPS) is 22.6. The van der Waals surface area contributed by atoms with Crippen LogP contribution in [0.3, 0.4) is 0 Å². The number of hydrogen-bond donors (Lipinski definition) is 0. The standard InChI is InChI=1S/C17H17NO4S2/c1-2-22-15(19)10-12-11-6-3-4-7-13(11)24-17(16(12)18(20)21)14-8-5-9-23-14/h3-9,12,16-17H,2,10H2,1H3/t12-,16+,17-/m1/s1. The number of esters is 1. The molecule has 0 saturated carbocycles. The van der Waals surface area contributed by atoms with Crippen LogP contribution in [0, 0.1) is 10.1 Å². The van der Waals surface area contributed by atoms with Crippen LogP contribution < -0.4 is 0 Å². The van der Waals surface area contributed by atoms with Gasteiger partial charge in [0, 0.05) is 14.7 Å². The fraction of sp³-hybridized carbons (Fsp3) is 0.353. The van der Waals surface area contributed by atoms with E-state index in [-0.39, 0.29) is 29.2 Å². The highest BCUT2D eigenvalue weighted by molar-refractivity contribution is 7.99. The Balaban J connectivity index is 2.03. The maximum atomic E-state index is 12.0. The zero-order valence-corrected chi connectivity index (χ0v) is 14.7. The summed E-state index contributed by atoms with van der Waals surface area (Å²) in [6.07, 6.45) is 0.0267. The van der Waals surface area contributed by atoms with Crippen LogP contribution in [-0.4, -0.2) is 23.5 Å². The number of carbonyl (C=O) groups excluding carboxylic acids is 1. The molecule has 0 amide bonds. The van der Waals surface area contributed by atoms with Crippen molar-refractivity contribution in [1.29, 1.82) is 0 Å². The molecule has 0 bridgehead atoms. The van der Waals surface area contributed by atoms with Crippen molar-refractivity contribution in [3.63, 3.8) is 0 Å². The first-order chi connectivity index (χ1) is 11.6. The molecule has 0 N–H and O–H groups in total. The number of hydrogen-bond acceptors (Lipinski definition) is 6. The minimum absolute atomic E-state index is 0.0267. The molecule has 0 radical (unpaired) electrons. The average Bonchev–Trinajstić information content (AvgIpc) is 3.08. The highest BCUT2D eigenvalue weighted by Gasteiger charge is 2.47. The predicted octanol–water partition coefficient (Wildman–Crippen LogP) is 4.28. The van der Waals surface area contributed by atoms with E-state index in [0.717, 1.165) is 15.3 Å². The second-order valence-corrected chi connectivity index (χ2v) is 7.65. The first-order valence-electron chi connectivity index (χ1n) is 7.70. The molecule has 0 spiro atoms. The summed E-state index contributed by atoms with van der Waals surface area (Å²) < 4.78 is 5.05. The number of thiophene rings is 1. The summed E-state index contributed by atoms with van der Waals surface area (Å²) in [4.78, 5) is 25.6. The van der Waals surface area contributed by atoms with Crippen molar-refractivity contribution in [3.8, 4) is 0 Å². The Hall–Kier alpha value is -1.86. The van der Waals surface area contributed by atoms with Crippen molar-refractivity contribution in [2.75, 3.05) is 6.61 Å². The summed E-state index contributed by atoms with van der Waals surface area (Å²) >= 11 is 3.03. The summed E-state index contributed by atoms with van der Waals surface area (Å²) in [7, 11) is 0. The minimum Gasteiger partial charge on any atom is -0.466 e. The topological polar surface area (TPSA) is 69.4 Å². The average molecular weight is 363 g/mol. The third-order valence-corrected chi connectivity index (χ3v) is 6.57. The van der Waals surface area contributed by atoms with Gasteiger partial charge in [0.25, 0.3) is 0 Å². The van der Waals surface area contributed by atoms with E-state index < -0.39 is 12.0 Å². The summed E-state index contributed by atoms with van der Waals surface area (Å²) in [5.74, 6) is -0.871. The Morgan fingerprint density at radius 3 is 2.75 bits per heavy atom. The maximum absolute atomic E-state index is 12.0. The van der Waals surface area contributed by atoms with Gasteiger partial charge in [-0.1, -0.05) is 24.3 Å². The number of nitro groups is 1. The summed E-state index contributed by atoms with van der Waals surface area (Å²) in [5, 5.41) is 13.5. The fourth-order valence-electron chi connectivity index (χ4n) is 3.06. The lowest BCUT2D eigenvalue weighted by molar-refractivity contribution is -0.527. The number of benzene rings is 1. The molecule has 0 unspecified atom stereocenters. The number of nitrogens with zero attached hydrogens (tertiary/aromatic N) is 1. The van der Waals surface area contributed by atoms with Gasteiger partial charge in [0.05, 0.1) is 18.9 Å². The zero-order chi connectivity index (χ0) is 17.1. The smallest absolute Gasteiger partial charge is 0.306 e. The van der Waals surface area contributed by atoms with Gasteiger partial charge in [0.2, 0.25) is 6.04 Å². The monoisotopic (exact) mass is 363 g/mol. The molecule has 5 nitrogen and oxygen atoms in total. The SMILES string of the molecule is CCOC(=O)C[C@@H]1c2ccccc2S[C@H](c2cccs2)[C@H]1[N+](=O)[O-]. The molecule has 2 aromatic rings. The third-order valence-electron chi connectivity index (χ3n) is 4.05. The molecule has 2 heterocycles. The van der Waals surface area contributed by atoms with Gasteiger partial charge < -0.3 is 4.74 Å². The third kappa shape index (κ3) is 3.32. The molecule has 126 valence electrons. The van der Waals surface area contributed by atoms with Crippen LogP contribution in [0.2, 0.25) is 0 Å². The summed E-state index contributed by atoms with van der Waals surface area (Å²) in [6.45, 7) is 2.02. The Morgan fingerprint density at radius 2 is 2.08 bits per heavy atom. The Kier molecular flexibility index (Phi) is 5.20. The molecule has 1 aliphatic rings. The molecule has 3 atom stereocenters. The second kappa shape index (κ2) is 7.36. The van der Waals surface area contributed by atoms with Gasteiger partial charge in [0.15, 0.2) is 0 Å². The van der Waals surface area contributed by atoms with Gasteiger partial charge in [-0.2, -0.15) is 0 Å². The van der Waals surface area contributed by atoms with Gasteiger partial charge in [-0.25, -0.2) is 0 Å². The number of ether oxygens (including phenoxy) is 1. The molecule has 3 rings (SSSR count). The molecule has 1 aromatic heterocycles. The van der Waals surface area contributed by atoms with Crippen LogP contribution in [0.1, 0.15) is 35.0 Å². The zero-order valence-electron chi connectivity index (χ0n) is 13.1. The van der Waals surface area contributed by atoms with E-state index in [4.69, 9.17) is 4.74 Å². The molecule has 7 heteroatoms. The van der Waals surface area contributed by atoms with E-state index in [1.165, 1.54) is 23.1 Å². The van der Waals surface area contributed by atoms with Gasteiger partial charge in [-0.15, -0.1) is 23.1 Å². The molecule has 24 heavy (non-hydrogen) atoms. The van der Waals surface area contributed by atoms with Gasteiger partial charge in [-0.05, 0) is 30.0 Å². The minimum atomic E-state index is -0.854. The first-order valence-corrected chi connectivity index (χ1v) is 9.45. The van der Waals surface area contributed by atoms with Crippen molar-refractivity contribution in [1.82, 2.24) is 0 Å². The number of thioether (sulfide) groups is 1. The maximum Gasteiger partial charge on any atom is 0.306 e. The summed E-state index contributed by atoms with van der Waals surface area (Å²) in [6, 6.07) is 10.6. The molecule has 0 aliphatic carbocycles. The van der Waals surface area contributed by atoms with E-state index in [1.807, 2.05) is 41.8 Å². The molecule has 1 aliphatic heterocycles. The Morgan fingerprint density at radius 1 is 1.29 bits per heavy atom. The lowest BCUT2D eigenvalue weighted by Crippen LogP contribution is -2.36. The van der Waals surface area contributed by atoms with Crippen molar-refractivity contribution >= 4 is 29.1 Å². The largest absolute Gasteiger partial charge is 0.466 e. The van der Waals surface area contributed by atoms with Gasteiger partial charge in [-0.3, -0.25) is 14.9 Å². The highest BCUT2D eigenvalue weighted by Crippen LogP contribution is 2.52. The molecular formula is C17H17NO4S2. The summed E-state index contributed by atoms with van der Waals surface area (Å²) in [5.41, 5.74) is 0.866. The lowest BCUT2D eigenvalue weighted by Gasteiger charge is -2.32. The number of carbonyl (C=O) groups is 1. The van der Waals surface area contributed by atoms with E-state index >= 15 is 0 Å². The van der Waals surface area contributed by atoms with Crippen LogP contribution >= 0.6 is 23.1 Å². The van der Waals surface area contributed by atoms with Gasteiger partial charge in [0.1, 0.15) is 5.25 Å². The first kappa shape index (κ1) is 17.0. The number of fused-ring (bicyclic) bond motifs is 1. The van der Waals surface area contributed by atoms with E-state index in [9.17, 15) is 14.9 Å². The van der Waals surface area contributed by atoms with Crippen molar-refractivity contribution in [3.05, 3.63) is 62.3 Å². The lowest BCUT2D eigenvalue weighted by atomic mass is 9.86. The van der Waals surface area contributed by atoms with Crippen molar-refractivity contribution < 1.29 is 14.5 Å². The van der Waals surface area contributed by atoms with E-state index in [1.54, 1.807) is 6.92 Å². The number of rotatable bonds is 5. The van der Waals surface area contributed by atoms with Crippen molar-refractivity contribution in [2.24, 2.45) is 0 Å². The van der Waals surface area contributed by atoms with Crippen LogP contribution in [-0.2, 0) is 9.53 Å². The Labute approximate surface area is 148 Å². The van der Waals surface area contributed by atoms with Crippen LogP contribution in [0.25, 0.3) is 0 Å². The van der Waals surface area contributed by atoms with Crippen LogP contribution in [0.15, 0.2) is 46.7 Å². The Bertz CT molecular complexity index is 732. The molecule has 0 fully saturated rings. The molecular weight excluding hydrogens is 346 g/mol. The highest BCUT2D eigenvalue weighted by atomic mass is 32.2. The second-order valence-electron chi connectivity index (χ2n) is 5.48. The van der Waals surface area contributed by atoms with Gasteiger partial charge >= 0.3 is 5.97 Å². The van der Waals surface area contributed by atoms with Crippen LogP contribution in [0.5, 0.6) is 0 Å². The van der Waals surface area contributed by atoms with Crippen molar-refractivity contribution in [2.45, 2.75) is 35.4 Å². The van der Waals surface area contributed by atoms with E-state index in [0.29, 0.717) is 0 Å². The van der Waals surface area contributed by atoms with E-state index in [2.05, 4.69) is 0 Å². The quantitative estimate of drug-likeness (QED) is 0.450.